The van der Waals surface area contributed by atoms with Gasteiger partial charge in [0, 0.05) is 11.1 Å². The van der Waals surface area contributed by atoms with Gasteiger partial charge in [0.2, 0.25) is 5.91 Å². The van der Waals surface area contributed by atoms with Gasteiger partial charge in [-0.15, -0.1) is 0 Å². The van der Waals surface area contributed by atoms with Crippen LogP contribution in [0.3, 0.4) is 0 Å². The topological polar surface area (TPSA) is 64.0 Å². The van der Waals surface area contributed by atoms with E-state index in [0.29, 0.717) is 32.8 Å². The Morgan fingerprint density at radius 1 is 1.32 bits per heavy atom. The van der Waals surface area contributed by atoms with Crippen LogP contribution >= 0.6 is 23.2 Å². The van der Waals surface area contributed by atoms with Gasteiger partial charge in [0.05, 0.1) is 22.3 Å². The average Bonchev–Trinajstić information content (AvgIpc) is 2.55. The Labute approximate surface area is 156 Å². The Hall–Kier alpha value is -1.59. The highest BCUT2D eigenvalue weighted by Crippen LogP contribution is 2.29. The summed E-state index contributed by atoms with van der Waals surface area (Å²) >= 11 is 12.0. The molecule has 1 heterocycles. The number of carbonyl (C=O) groups is 1. The van der Waals surface area contributed by atoms with Gasteiger partial charge >= 0.3 is 0 Å². The van der Waals surface area contributed by atoms with Crippen LogP contribution in [0.2, 0.25) is 10.0 Å². The standard InChI is InChI=1S/C18H21Cl2N3O2/c1-10-4-3-5-15(11(10)2)22-16(24)8-23-9-21-17-13(18(23)25)6-12(19)7-14(17)20/h6-7,9-11,15H,3-5,8H2,1-2H3,(H,22,24). The number of amides is 1. The van der Waals surface area contributed by atoms with Gasteiger partial charge in [-0.2, -0.15) is 0 Å². The second kappa shape index (κ2) is 7.34. The molecular formula is C18H21Cl2N3O2. The van der Waals surface area contributed by atoms with E-state index in [1.807, 2.05) is 0 Å². The maximum atomic E-state index is 12.6. The number of benzene rings is 1. The zero-order valence-electron chi connectivity index (χ0n) is 14.3. The molecule has 0 aliphatic heterocycles. The number of hydrogen-bond donors (Lipinski definition) is 1. The molecule has 0 bridgehead atoms. The normalized spacial score (nSPS) is 23.6. The van der Waals surface area contributed by atoms with Crippen molar-refractivity contribution in [2.75, 3.05) is 0 Å². The molecule has 5 nitrogen and oxygen atoms in total. The molecule has 0 radical (unpaired) electrons. The monoisotopic (exact) mass is 381 g/mol. The highest BCUT2D eigenvalue weighted by atomic mass is 35.5. The van der Waals surface area contributed by atoms with Crippen molar-refractivity contribution in [2.24, 2.45) is 11.8 Å². The Morgan fingerprint density at radius 2 is 2.08 bits per heavy atom. The van der Waals surface area contributed by atoms with Crippen molar-refractivity contribution >= 4 is 40.0 Å². The van der Waals surface area contributed by atoms with E-state index < -0.39 is 0 Å². The quantitative estimate of drug-likeness (QED) is 0.882. The first kappa shape index (κ1) is 18.2. The fourth-order valence-electron chi connectivity index (χ4n) is 3.50. The van der Waals surface area contributed by atoms with Crippen LogP contribution in [0.5, 0.6) is 0 Å². The summed E-state index contributed by atoms with van der Waals surface area (Å²) in [6.07, 6.45) is 4.65. The highest BCUT2D eigenvalue weighted by Gasteiger charge is 2.28. The van der Waals surface area contributed by atoms with E-state index in [1.54, 1.807) is 6.07 Å². The van der Waals surface area contributed by atoms with Crippen LogP contribution in [0.15, 0.2) is 23.3 Å². The SMILES string of the molecule is CC1CCCC(NC(=O)Cn2cnc3c(Cl)cc(Cl)cc3c2=O)C1C. The van der Waals surface area contributed by atoms with Crippen molar-refractivity contribution in [3.63, 3.8) is 0 Å². The zero-order chi connectivity index (χ0) is 18.1. The third-order valence-electron chi connectivity index (χ3n) is 5.21. The molecule has 1 aliphatic rings. The van der Waals surface area contributed by atoms with Gasteiger partial charge in [0.15, 0.2) is 0 Å². The van der Waals surface area contributed by atoms with E-state index in [0.717, 1.165) is 12.8 Å². The number of carbonyl (C=O) groups excluding carboxylic acids is 1. The van der Waals surface area contributed by atoms with Crippen LogP contribution in [-0.2, 0) is 11.3 Å². The smallest absolute Gasteiger partial charge is 0.261 e. The second-order valence-corrected chi connectivity index (χ2v) is 7.75. The van der Waals surface area contributed by atoms with Gasteiger partial charge in [-0.1, -0.05) is 49.9 Å². The Bertz CT molecular complexity index is 865. The highest BCUT2D eigenvalue weighted by molar-refractivity contribution is 6.38. The summed E-state index contributed by atoms with van der Waals surface area (Å²) in [5.74, 6) is 0.845. The Kier molecular flexibility index (Phi) is 5.35. The lowest BCUT2D eigenvalue weighted by Crippen LogP contribution is -2.45. The third-order valence-corrected chi connectivity index (χ3v) is 5.72. The van der Waals surface area contributed by atoms with E-state index in [9.17, 15) is 9.59 Å². The minimum Gasteiger partial charge on any atom is -0.352 e. The zero-order valence-corrected chi connectivity index (χ0v) is 15.8. The predicted octanol–water partition coefficient (Wildman–Crippen LogP) is 3.64. The van der Waals surface area contributed by atoms with Gasteiger partial charge in [0.1, 0.15) is 6.54 Å². The first-order chi connectivity index (χ1) is 11.9. The first-order valence-corrected chi connectivity index (χ1v) is 9.26. The predicted molar refractivity (Wildman–Crippen MR) is 100 cm³/mol. The minimum atomic E-state index is -0.324. The molecule has 1 saturated carbocycles. The second-order valence-electron chi connectivity index (χ2n) is 6.90. The summed E-state index contributed by atoms with van der Waals surface area (Å²) in [6, 6.07) is 3.22. The van der Waals surface area contributed by atoms with Crippen molar-refractivity contribution in [1.29, 1.82) is 0 Å². The summed E-state index contributed by atoms with van der Waals surface area (Å²) in [5.41, 5.74) is 0.0667. The van der Waals surface area contributed by atoms with E-state index in [-0.39, 0.29) is 24.1 Å². The minimum absolute atomic E-state index is 0.0660. The molecule has 3 unspecified atom stereocenters. The molecule has 1 fully saturated rings. The van der Waals surface area contributed by atoms with Crippen LogP contribution in [0, 0.1) is 11.8 Å². The van der Waals surface area contributed by atoms with E-state index in [2.05, 4.69) is 24.1 Å². The van der Waals surface area contributed by atoms with Crippen molar-refractivity contribution in [1.82, 2.24) is 14.9 Å². The van der Waals surface area contributed by atoms with E-state index in [1.165, 1.54) is 23.4 Å². The van der Waals surface area contributed by atoms with Gasteiger partial charge < -0.3 is 5.32 Å². The summed E-state index contributed by atoms with van der Waals surface area (Å²) in [5, 5.41) is 4.06. The summed E-state index contributed by atoms with van der Waals surface area (Å²) in [4.78, 5) is 29.2. The molecule has 1 N–H and O–H groups in total. The molecule has 1 aromatic carbocycles. The lowest BCUT2D eigenvalue weighted by atomic mass is 9.78. The van der Waals surface area contributed by atoms with Gasteiger partial charge in [-0.3, -0.25) is 14.2 Å². The molecule has 25 heavy (non-hydrogen) atoms. The first-order valence-electron chi connectivity index (χ1n) is 8.50. The van der Waals surface area contributed by atoms with E-state index in [4.69, 9.17) is 23.2 Å². The Balaban J connectivity index is 1.80. The lowest BCUT2D eigenvalue weighted by Gasteiger charge is -2.34. The number of fused-ring (bicyclic) bond motifs is 1. The van der Waals surface area contributed by atoms with Crippen molar-refractivity contribution < 1.29 is 4.79 Å². The van der Waals surface area contributed by atoms with Crippen molar-refractivity contribution in [3.05, 3.63) is 38.9 Å². The maximum absolute atomic E-state index is 12.6. The van der Waals surface area contributed by atoms with E-state index >= 15 is 0 Å². The van der Waals surface area contributed by atoms with Crippen LogP contribution in [0.25, 0.3) is 10.9 Å². The molecular weight excluding hydrogens is 361 g/mol. The lowest BCUT2D eigenvalue weighted by molar-refractivity contribution is -0.123. The number of rotatable bonds is 3. The number of aromatic nitrogens is 2. The molecule has 0 spiro atoms. The fourth-order valence-corrected chi connectivity index (χ4v) is 4.04. The number of nitrogens with one attached hydrogen (secondary N) is 1. The van der Waals surface area contributed by atoms with Crippen molar-refractivity contribution in [3.8, 4) is 0 Å². The van der Waals surface area contributed by atoms with Gasteiger partial charge in [-0.25, -0.2) is 4.98 Å². The summed E-state index contributed by atoms with van der Waals surface area (Å²) in [7, 11) is 0. The molecule has 3 rings (SSSR count). The largest absolute Gasteiger partial charge is 0.352 e. The van der Waals surface area contributed by atoms with Gasteiger partial charge in [-0.05, 0) is 30.4 Å². The fraction of sp³-hybridized carbons (Fsp3) is 0.500. The number of nitrogens with zero attached hydrogens (tertiary/aromatic N) is 2. The van der Waals surface area contributed by atoms with Crippen LogP contribution < -0.4 is 10.9 Å². The van der Waals surface area contributed by atoms with Gasteiger partial charge in [0.25, 0.3) is 5.56 Å². The average molecular weight is 382 g/mol. The Morgan fingerprint density at radius 3 is 2.84 bits per heavy atom. The third kappa shape index (κ3) is 3.82. The molecule has 1 aliphatic carbocycles. The molecule has 3 atom stereocenters. The van der Waals surface area contributed by atoms with Crippen molar-refractivity contribution in [2.45, 2.75) is 45.7 Å². The van der Waals surface area contributed by atoms with Crippen LogP contribution in [-0.4, -0.2) is 21.5 Å². The summed E-state index contributed by atoms with van der Waals surface area (Å²) < 4.78 is 1.29. The molecule has 2 aromatic rings. The number of hydrogen-bond acceptors (Lipinski definition) is 3. The maximum Gasteiger partial charge on any atom is 0.261 e. The van der Waals surface area contributed by atoms with Crippen LogP contribution in [0.1, 0.15) is 33.1 Å². The summed E-state index contributed by atoms with van der Waals surface area (Å²) in [6.45, 7) is 4.32. The number of halogens is 2. The molecule has 0 saturated heterocycles. The molecule has 1 amide bonds. The molecule has 7 heteroatoms. The molecule has 1 aromatic heterocycles. The van der Waals surface area contributed by atoms with Crippen LogP contribution in [0.4, 0.5) is 0 Å². The molecule has 134 valence electrons.